The molecule has 0 aliphatic carbocycles. The number of carbonyl (C=O) groups is 1. The van der Waals surface area contributed by atoms with Crippen LogP contribution in [0.1, 0.15) is 24.2 Å². The van der Waals surface area contributed by atoms with Crippen molar-refractivity contribution in [2.75, 3.05) is 12.4 Å². The van der Waals surface area contributed by atoms with Crippen LogP contribution >= 0.6 is 11.3 Å². The van der Waals surface area contributed by atoms with E-state index < -0.39 is 10.0 Å². The Kier molecular flexibility index (Phi) is 4.94. The minimum Gasteiger partial charge on any atom is -0.298 e. The van der Waals surface area contributed by atoms with E-state index in [4.69, 9.17) is 0 Å². The first-order chi connectivity index (χ1) is 10.3. The average Bonchev–Trinajstić information content (AvgIpc) is 2.99. The molecule has 1 aromatic carbocycles. The molecular formula is C14H17N3O3S2. The monoisotopic (exact) mass is 339 g/mol. The van der Waals surface area contributed by atoms with Crippen LogP contribution in [0, 0.1) is 0 Å². The van der Waals surface area contributed by atoms with Crippen molar-refractivity contribution in [3.63, 3.8) is 0 Å². The van der Waals surface area contributed by atoms with Crippen molar-refractivity contribution in [2.24, 2.45) is 0 Å². The van der Waals surface area contributed by atoms with Crippen LogP contribution in [0.4, 0.5) is 5.13 Å². The number of nitrogens with zero attached hydrogens (tertiary/aromatic N) is 2. The Hall–Kier alpha value is -1.77. The van der Waals surface area contributed by atoms with E-state index in [1.165, 1.54) is 34.8 Å². The number of rotatable bonds is 5. The summed E-state index contributed by atoms with van der Waals surface area (Å²) in [6.45, 7) is 3.58. The van der Waals surface area contributed by atoms with Crippen LogP contribution in [0.15, 0.2) is 40.7 Å². The second kappa shape index (κ2) is 6.55. The minimum atomic E-state index is -3.62. The molecule has 1 N–H and O–H groups in total. The number of anilines is 1. The Bertz CT molecular complexity index is 755. The lowest BCUT2D eigenvalue weighted by atomic mass is 10.2. The fourth-order valence-electron chi connectivity index (χ4n) is 1.70. The van der Waals surface area contributed by atoms with Crippen LogP contribution in [0.5, 0.6) is 0 Å². The Morgan fingerprint density at radius 1 is 1.36 bits per heavy atom. The van der Waals surface area contributed by atoms with E-state index in [9.17, 15) is 13.2 Å². The Balaban J connectivity index is 2.29. The molecule has 2 aromatic rings. The van der Waals surface area contributed by atoms with Crippen molar-refractivity contribution in [2.45, 2.75) is 24.8 Å². The Labute approximate surface area is 133 Å². The predicted molar refractivity (Wildman–Crippen MR) is 86.6 cm³/mol. The summed E-state index contributed by atoms with van der Waals surface area (Å²) in [6, 6.07) is 5.80. The van der Waals surface area contributed by atoms with Crippen LogP contribution in [0.2, 0.25) is 0 Å². The van der Waals surface area contributed by atoms with Crippen molar-refractivity contribution in [3.05, 3.63) is 41.4 Å². The molecule has 0 aliphatic rings. The van der Waals surface area contributed by atoms with Crippen LogP contribution in [-0.2, 0) is 10.0 Å². The molecule has 0 radical (unpaired) electrons. The number of hydrogen-bond donors (Lipinski definition) is 1. The lowest BCUT2D eigenvalue weighted by molar-refractivity contribution is 0.102. The van der Waals surface area contributed by atoms with Gasteiger partial charge in [-0.05, 0) is 32.0 Å². The molecule has 2 rings (SSSR count). The SMILES string of the molecule is CC(C)N(C)S(=O)(=O)c1cccc(C(=O)Nc2nccs2)c1. The lowest BCUT2D eigenvalue weighted by Gasteiger charge is -2.21. The third-order valence-electron chi connectivity index (χ3n) is 3.15. The zero-order valence-electron chi connectivity index (χ0n) is 12.5. The van der Waals surface area contributed by atoms with Gasteiger partial charge in [0.25, 0.3) is 5.91 Å². The van der Waals surface area contributed by atoms with Crippen molar-refractivity contribution >= 4 is 32.4 Å². The van der Waals surface area contributed by atoms with Gasteiger partial charge in [0.1, 0.15) is 0 Å². The second-order valence-electron chi connectivity index (χ2n) is 4.93. The second-order valence-corrected chi connectivity index (χ2v) is 7.83. The quantitative estimate of drug-likeness (QED) is 0.907. The summed E-state index contributed by atoms with van der Waals surface area (Å²) in [7, 11) is -2.10. The molecule has 0 saturated heterocycles. The van der Waals surface area contributed by atoms with Gasteiger partial charge in [0.15, 0.2) is 5.13 Å². The smallest absolute Gasteiger partial charge is 0.257 e. The molecule has 1 heterocycles. The summed E-state index contributed by atoms with van der Waals surface area (Å²) in [5.41, 5.74) is 0.272. The molecule has 0 atom stereocenters. The highest BCUT2D eigenvalue weighted by molar-refractivity contribution is 7.89. The van der Waals surface area contributed by atoms with Gasteiger partial charge in [-0.25, -0.2) is 13.4 Å². The van der Waals surface area contributed by atoms with Crippen molar-refractivity contribution in [3.8, 4) is 0 Å². The molecule has 0 bridgehead atoms. The zero-order valence-corrected chi connectivity index (χ0v) is 14.1. The molecule has 0 unspecified atom stereocenters. The normalized spacial score (nSPS) is 11.9. The molecule has 8 heteroatoms. The van der Waals surface area contributed by atoms with Crippen LogP contribution < -0.4 is 5.32 Å². The summed E-state index contributed by atoms with van der Waals surface area (Å²) in [5, 5.41) is 4.84. The number of amides is 1. The predicted octanol–water partition coefficient (Wildman–Crippen LogP) is 2.42. The first kappa shape index (κ1) is 16.6. The standard InChI is InChI=1S/C14H17N3O3S2/c1-10(2)17(3)22(19,20)12-6-4-5-11(9-12)13(18)16-14-15-7-8-21-14/h4-10H,1-3H3,(H,15,16,18). The van der Waals surface area contributed by atoms with E-state index in [1.54, 1.807) is 37.6 Å². The lowest BCUT2D eigenvalue weighted by Crippen LogP contribution is -2.33. The fourth-order valence-corrected chi connectivity index (χ4v) is 3.63. The third-order valence-corrected chi connectivity index (χ3v) is 5.87. The number of nitrogens with one attached hydrogen (secondary N) is 1. The number of hydrogen-bond acceptors (Lipinski definition) is 5. The van der Waals surface area contributed by atoms with Gasteiger partial charge in [0.05, 0.1) is 4.90 Å². The first-order valence-corrected chi connectivity index (χ1v) is 8.93. The summed E-state index contributed by atoms with van der Waals surface area (Å²) in [5.74, 6) is -0.390. The van der Waals surface area contributed by atoms with E-state index in [1.807, 2.05) is 0 Å². The van der Waals surface area contributed by atoms with Crippen LogP contribution in [0.3, 0.4) is 0 Å². The molecule has 1 amide bonds. The van der Waals surface area contributed by atoms with Crippen molar-refractivity contribution < 1.29 is 13.2 Å². The number of thiazole rings is 1. The maximum atomic E-state index is 12.4. The van der Waals surface area contributed by atoms with Crippen molar-refractivity contribution in [1.82, 2.24) is 9.29 Å². The Morgan fingerprint density at radius 2 is 2.09 bits per heavy atom. The maximum Gasteiger partial charge on any atom is 0.257 e. The summed E-state index contributed by atoms with van der Waals surface area (Å²) in [6.07, 6.45) is 1.58. The summed E-state index contributed by atoms with van der Waals surface area (Å²) in [4.78, 5) is 16.2. The van der Waals surface area contributed by atoms with E-state index >= 15 is 0 Å². The van der Waals surface area contributed by atoms with Gasteiger partial charge < -0.3 is 0 Å². The molecule has 118 valence electrons. The highest BCUT2D eigenvalue weighted by Gasteiger charge is 2.23. The molecular weight excluding hydrogens is 322 g/mol. The zero-order chi connectivity index (χ0) is 16.3. The molecule has 22 heavy (non-hydrogen) atoms. The summed E-state index contributed by atoms with van der Waals surface area (Å²) >= 11 is 1.29. The van der Waals surface area contributed by atoms with Gasteiger partial charge in [-0.3, -0.25) is 10.1 Å². The van der Waals surface area contributed by atoms with Crippen molar-refractivity contribution in [1.29, 1.82) is 0 Å². The minimum absolute atomic E-state index is 0.0930. The van der Waals surface area contributed by atoms with Gasteiger partial charge in [0.2, 0.25) is 10.0 Å². The average molecular weight is 339 g/mol. The van der Waals surface area contributed by atoms with E-state index in [-0.39, 0.29) is 22.4 Å². The van der Waals surface area contributed by atoms with Gasteiger partial charge in [-0.1, -0.05) is 6.07 Å². The summed E-state index contributed by atoms with van der Waals surface area (Å²) < 4.78 is 26.2. The molecule has 0 fully saturated rings. The molecule has 1 aromatic heterocycles. The number of carbonyl (C=O) groups excluding carboxylic acids is 1. The van der Waals surface area contributed by atoms with Gasteiger partial charge in [-0.15, -0.1) is 11.3 Å². The Morgan fingerprint density at radius 3 is 2.68 bits per heavy atom. The van der Waals surface area contributed by atoms with Gasteiger partial charge >= 0.3 is 0 Å². The third kappa shape index (κ3) is 3.52. The molecule has 0 saturated carbocycles. The highest BCUT2D eigenvalue weighted by Crippen LogP contribution is 2.19. The number of sulfonamides is 1. The van der Waals surface area contributed by atoms with Gasteiger partial charge in [-0.2, -0.15) is 4.31 Å². The maximum absolute atomic E-state index is 12.4. The van der Waals surface area contributed by atoms with E-state index in [0.717, 1.165) is 0 Å². The number of benzene rings is 1. The van der Waals surface area contributed by atoms with E-state index in [0.29, 0.717) is 5.13 Å². The van der Waals surface area contributed by atoms with Gasteiger partial charge in [0, 0.05) is 30.2 Å². The van der Waals surface area contributed by atoms with E-state index in [2.05, 4.69) is 10.3 Å². The fraction of sp³-hybridized carbons (Fsp3) is 0.286. The molecule has 6 nitrogen and oxygen atoms in total. The van der Waals surface area contributed by atoms with Crippen LogP contribution in [-0.4, -0.2) is 36.7 Å². The molecule has 0 spiro atoms. The molecule has 0 aliphatic heterocycles. The number of aromatic nitrogens is 1. The highest BCUT2D eigenvalue weighted by atomic mass is 32.2. The largest absolute Gasteiger partial charge is 0.298 e. The first-order valence-electron chi connectivity index (χ1n) is 6.61. The van der Waals surface area contributed by atoms with Crippen LogP contribution in [0.25, 0.3) is 0 Å². The topological polar surface area (TPSA) is 79.4 Å².